The lowest BCUT2D eigenvalue weighted by Gasteiger charge is -2.42. The van der Waals surface area contributed by atoms with Gasteiger partial charge in [-0.25, -0.2) is 13.4 Å². The smallest absolute Gasteiger partial charge is 0.162 e. The lowest BCUT2D eigenvalue weighted by atomic mass is 9.84. The molecule has 3 aromatic rings. The van der Waals surface area contributed by atoms with Gasteiger partial charge in [0.25, 0.3) is 0 Å². The average Bonchev–Trinajstić information content (AvgIpc) is 3.21. The molecule has 2 atom stereocenters. The molecule has 0 bridgehead atoms. The summed E-state index contributed by atoms with van der Waals surface area (Å²) in [5.74, 6) is 0.178. The largest absolute Gasteiger partial charge is 0.345 e. The van der Waals surface area contributed by atoms with Crippen molar-refractivity contribution in [2.75, 3.05) is 18.8 Å². The highest BCUT2D eigenvalue weighted by molar-refractivity contribution is 7.92. The van der Waals surface area contributed by atoms with Crippen molar-refractivity contribution in [3.8, 4) is 0 Å². The van der Waals surface area contributed by atoms with E-state index in [9.17, 15) is 8.42 Å². The zero-order valence-corrected chi connectivity index (χ0v) is 14.7. The van der Waals surface area contributed by atoms with Crippen LogP contribution >= 0.6 is 0 Å². The first-order valence-electron chi connectivity index (χ1n) is 8.38. The van der Waals surface area contributed by atoms with E-state index in [4.69, 9.17) is 0 Å². The summed E-state index contributed by atoms with van der Waals surface area (Å²) in [6.07, 6.45) is 4.47. The van der Waals surface area contributed by atoms with E-state index in [1.807, 2.05) is 24.4 Å². The number of nitrogens with zero attached hydrogens (tertiary/aromatic N) is 2. The third-order valence-corrected chi connectivity index (χ3v) is 8.11. The van der Waals surface area contributed by atoms with Gasteiger partial charge in [-0.1, -0.05) is 13.8 Å². The second-order valence-corrected chi connectivity index (χ2v) is 9.14. The molecular formula is C17H22N4O2S. The van der Waals surface area contributed by atoms with Gasteiger partial charge in [0.2, 0.25) is 0 Å². The summed E-state index contributed by atoms with van der Waals surface area (Å²) in [6.45, 7) is 5.10. The Balaban J connectivity index is 2.10. The molecule has 0 aliphatic carbocycles. The van der Waals surface area contributed by atoms with Crippen molar-refractivity contribution < 1.29 is 8.42 Å². The Kier molecular flexibility index (Phi) is 3.47. The van der Waals surface area contributed by atoms with Crippen molar-refractivity contribution >= 4 is 26.5 Å². The highest BCUT2D eigenvalue weighted by atomic mass is 32.2. The molecule has 2 N–H and O–H groups in total. The fourth-order valence-corrected chi connectivity index (χ4v) is 6.14. The molecule has 1 saturated heterocycles. The summed E-state index contributed by atoms with van der Waals surface area (Å²) in [5, 5.41) is 3.33. The molecule has 128 valence electrons. The molecule has 4 heterocycles. The Morgan fingerprint density at radius 1 is 1.38 bits per heavy atom. The maximum absolute atomic E-state index is 13.2. The quantitative estimate of drug-likeness (QED) is 0.761. The molecule has 7 heteroatoms. The first-order valence-corrected chi connectivity index (χ1v) is 10.0. The third kappa shape index (κ3) is 1.91. The predicted molar refractivity (Wildman–Crippen MR) is 94.8 cm³/mol. The van der Waals surface area contributed by atoms with Crippen LogP contribution in [0.2, 0.25) is 0 Å². The van der Waals surface area contributed by atoms with Crippen molar-refractivity contribution in [2.45, 2.75) is 25.0 Å². The monoisotopic (exact) mass is 346 g/mol. The molecule has 4 rings (SSSR count). The second-order valence-electron chi connectivity index (χ2n) is 6.61. The van der Waals surface area contributed by atoms with Crippen molar-refractivity contribution in [1.29, 1.82) is 0 Å². The Morgan fingerprint density at radius 2 is 2.21 bits per heavy atom. The number of hydrogen-bond acceptors (Lipinski definition) is 4. The third-order valence-electron chi connectivity index (χ3n) is 5.49. The Labute approximate surface area is 141 Å². The van der Waals surface area contributed by atoms with Crippen LogP contribution in [0, 0.1) is 5.92 Å². The fourth-order valence-electron chi connectivity index (χ4n) is 4.10. The van der Waals surface area contributed by atoms with E-state index in [2.05, 4.69) is 26.6 Å². The number of H-pyrrole nitrogens is 1. The van der Waals surface area contributed by atoms with Crippen LogP contribution in [0.3, 0.4) is 0 Å². The summed E-state index contributed by atoms with van der Waals surface area (Å²) >= 11 is 0. The average molecular weight is 346 g/mol. The lowest BCUT2D eigenvalue weighted by Crippen LogP contribution is -2.55. The van der Waals surface area contributed by atoms with Crippen LogP contribution in [0.15, 0.2) is 30.6 Å². The van der Waals surface area contributed by atoms with E-state index in [-0.39, 0.29) is 11.7 Å². The molecule has 3 aromatic heterocycles. The number of nitrogens with one attached hydrogen (secondary N) is 2. The Morgan fingerprint density at radius 3 is 2.96 bits per heavy atom. The van der Waals surface area contributed by atoms with Crippen LogP contribution in [0.25, 0.3) is 16.7 Å². The maximum atomic E-state index is 13.2. The Bertz CT molecular complexity index is 1000. The molecule has 0 amide bonds. The summed E-state index contributed by atoms with van der Waals surface area (Å²) in [6, 6.07) is 5.87. The van der Waals surface area contributed by atoms with Gasteiger partial charge in [0, 0.05) is 24.2 Å². The van der Waals surface area contributed by atoms with Crippen molar-refractivity contribution in [3.63, 3.8) is 0 Å². The van der Waals surface area contributed by atoms with Crippen LogP contribution in [-0.2, 0) is 14.6 Å². The number of rotatable bonds is 3. The molecule has 1 aliphatic heterocycles. The standard InChI is InChI=1S/C17H22N4O2S/c1-3-24(22,23)17(11-18-8-6-12(17)2)15-5-4-13-10-20-16-14(21(13)15)7-9-19-16/h4-5,7,9-10,12,18-19H,3,6,8,11H2,1-2H3/t12-,17+/m0/s1. The first-order chi connectivity index (χ1) is 11.5. The molecule has 6 nitrogen and oxygen atoms in total. The van der Waals surface area contributed by atoms with Crippen LogP contribution < -0.4 is 5.32 Å². The van der Waals surface area contributed by atoms with Gasteiger partial charge < -0.3 is 14.7 Å². The number of piperidine rings is 1. The minimum Gasteiger partial charge on any atom is -0.345 e. The van der Waals surface area contributed by atoms with E-state index in [1.54, 1.807) is 13.1 Å². The van der Waals surface area contributed by atoms with Gasteiger partial charge in [0.15, 0.2) is 15.5 Å². The molecule has 1 fully saturated rings. The molecule has 0 aromatic carbocycles. The molecular weight excluding hydrogens is 324 g/mol. The molecule has 24 heavy (non-hydrogen) atoms. The maximum Gasteiger partial charge on any atom is 0.162 e. The highest BCUT2D eigenvalue weighted by Crippen LogP contribution is 2.42. The van der Waals surface area contributed by atoms with E-state index in [0.717, 1.165) is 35.3 Å². The summed E-state index contributed by atoms with van der Waals surface area (Å²) < 4.78 is 27.6. The van der Waals surface area contributed by atoms with Gasteiger partial charge in [0.05, 0.1) is 17.2 Å². The van der Waals surface area contributed by atoms with Crippen LogP contribution in [0.4, 0.5) is 0 Å². The first kappa shape index (κ1) is 15.7. The number of sulfone groups is 1. The second kappa shape index (κ2) is 5.32. The highest BCUT2D eigenvalue weighted by Gasteiger charge is 2.51. The minimum absolute atomic E-state index is 0.0453. The van der Waals surface area contributed by atoms with Gasteiger partial charge in [0.1, 0.15) is 4.75 Å². The topological polar surface area (TPSA) is 79.3 Å². The van der Waals surface area contributed by atoms with Crippen LogP contribution in [-0.4, -0.2) is 41.6 Å². The van der Waals surface area contributed by atoms with E-state index in [0.29, 0.717) is 6.54 Å². The molecule has 0 unspecified atom stereocenters. The number of aromatic amines is 1. The molecule has 0 radical (unpaired) electrons. The Hall–Kier alpha value is -1.86. The number of aromatic nitrogens is 3. The lowest BCUT2D eigenvalue weighted by molar-refractivity contribution is 0.292. The predicted octanol–water partition coefficient (Wildman–Crippen LogP) is 2.08. The van der Waals surface area contributed by atoms with E-state index >= 15 is 0 Å². The van der Waals surface area contributed by atoms with Crippen molar-refractivity contribution in [2.24, 2.45) is 5.92 Å². The van der Waals surface area contributed by atoms with Gasteiger partial charge in [-0.05, 0) is 37.1 Å². The van der Waals surface area contributed by atoms with Gasteiger partial charge in [-0.2, -0.15) is 0 Å². The molecule has 0 spiro atoms. The zero-order valence-electron chi connectivity index (χ0n) is 13.9. The van der Waals surface area contributed by atoms with E-state index < -0.39 is 14.6 Å². The number of fused-ring (bicyclic) bond motifs is 3. The van der Waals surface area contributed by atoms with Crippen LogP contribution in [0.5, 0.6) is 0 Å². The summed E-state index contributed by atoms with van der Waals surface area (Å²) in [4.78, 5) is 7.52. The van der Waals surface area contributed by atoms with Gasteiger partial charge >= 0.3 is 0 Å². The minimum atomic E-state index is -3.31. The SMILES string of the molecule is CCS(=O)(=O)[C@]1(c2ccc3cnc4[nH]ccc4n23)CNCC[C@@H]1C. The zero-order chi connectivity index (χ0) is 16.9. The van der Waals surface area contributed by atoms with Gasteiger partial charge in [-0.3, -0.25) is 0 Å². The number of hydrogen-bond donors (Lipinski definition) is 2. The van der Waals surface area contributed by atoms with Gasteiger partial charge in [-0.15, -0.1) is 0 Å². The van der Waals surface area contributed by atoms with Crippen molar-refractivity contribution in [1.82, 2.24) is 19.7 Å². The molecule has 1 aliphatic rings. The summed E-state index contributed by atoms with van der Waals surface area (Å²) in [5.41, 5.74) is 3.43. The summed E-state index contributed by atoms with van der Waals surface area (Å²) in [7, 11) is -3.31. The van der Waals surface area contributed by atoms with Crippen molar-refractivity contribution in [3.05, 3.63) is 36.3 Å². The molecule has 0 saturated carbocycles. The van der Waals surface area contributed by atoms with E-state index in [1.165, 1.54) is 0 Å². The van der Waals surface area contributed by atoms with Crippen LogP contribution in [0.1, 0.15) is 26.0 Å². The fraction of sp³-hybridized carbons (Fsp3) is 0.471. The normalized spacial score (nSPS) is 25.5.